The van der Waals surface area contributed by atoms with Crippen molar-refractivity contribution in [1.29, 1.82) is 0 Å². The Morgan fingerprint density at radius 3 is 2.83 bits per heavy atom. The topological polar surface area (TPSA) is 143 Å². The normalized spacial score (nSPS) is 19.6. The lowest BCUT2D eigenvalue weighted by Crippen LogP contribution is -2.33. The van der Waals surface area contributed by atoms with Crippen LogP contribution in [0.1, 0.15) is 49.9 Å². The van der Waals surface area contributed by atoms with Crippen molar-refractivity contribution in [2.75, 3.05) is 11.9 Å². The molecule has 3 aromatic heterocycles. The molecule has 0 unspecified atom stereocenters. The zero-order chi connectivity index (χ0) is 25.1. The molecule has 36 heavy (non-hydrogen) atoms. The molecule has 0 spiro atoms. The number of aromatic nitrogens is 6. The number of carbonyl (C=O) groups excluding carboxylic acids is 1. The lowest BCUT2D eigenvalue weighted by Gasteiger charge is -2.28. The van der Waals surface area contributed by atoms with Gasteiger partial charge in [0, 0.05) is 25.2 Å². The Morgan fingerprint density at radius 2 is 2.06 bits per heavy atom. The highest BCUT2D eigenvalue weighted by Crippen LogP contribution is 2.31. The second-order valence-corrected chi connectivity index (χ2v) is 9.62. The summed E-state index contributed by atoms with van der Waals surface area (Å²) in [6, 6.07) is 5.55. The number of nitrogens with two attached hydrogens (primary N) is 1. The molecule has 0 radical (unpaired) electrons. The number of ether oxygens (including phenoxy) is 2. The zero-order valence-corrected chi connectivity index (χ0v) is 20.7. The van der Waals surface area contributed by atoms with Crippen LogP contribution in [0, 0.1) is 18.8 Å². The Morgan fingerprint density at radius 1 is 1.19 bits per heavy atom. The van der Waals surface area contributed by atoms with E-state index in [1.807, 2.05) is 26.1 Å². The van der Waals surface area contributed by atoms with Crippen LogP contribution < -0.4 is 20.5 Å². The fourth-order valence-electron chi connectivity index (χ4n) is 4.43. The zero-order valence-electron chi connectivity index (χ0n) is 20.7. The molecule has 2 fully saturated rings. The van der Waals surface area contributed by atoms with Crippen molar-refractivity contribution < 1.29 is 14.3 Å². The number of pyridine rings is 1. The van der Waals surface area contributed by atoms with Gasteiger partial charge in [0.25, 0.3) is 0 Å². The molecular formula is C25H32N8O3. The minimum atomic E-state index is -0.250. The molecule has 1 amide bonds. The predicted molar refractivity (Wildman–Crippen MR) is 132 cm³/mol. The van der Waals surface area contributed by atoms with Crippen molar-refractivity contribution in [3.63, 3.8) is 0 Å². The van der Waals surface area contributed by atoms with E-state index in [2.05, 4.69) is 25.6 Å². The van der Waals surface area contributed by atoms with Crippen molar-refractivity contribution in [2.45, 2.75) is 58.1 Å². The van der Waals surface area contributed by atoms with E-state index in [9.17, 15) is 4.79 Å². The maximum absolute atomic E-state index is 11.6. The number of rotatable bonds is 10. The van der Waals surface area contributed by atoms with Crippen molar-refractivity contribution >= 4 is 11.9 Å². The summed E-state index contributed by atoms with van der Waals surface area (Å²) in [5.74, 6) is 2.03. The molecule has 0 bridgehead atoms. The molecule has 2 atom stereocenters. The molecular weight excluding hydrogens is 460 g/mol. The van der Waals surface area contributed by atoms with Crippen LogP contribution in [0.3, 0.4) is 0 Å². The summed E-state index contributed by atoms with van der Waals surface area (Å²) in [5.41, 5.74) is 8.48. The van der Waals surface area contributed by atoms with Gasteiger partial charge in [-0.05, 0) is 63.5 Å². The molecule has 11 heteroatoms. The molecule has 2 aliphatic carbocycles. The van der Waals surface area contributed by atoms with Gasteiger partial charge in [0.1, 0.15) is 11.4 Å². The van der Waals surface area contributed by atoms with E-state index in [1.54, 1.807) is 16.9 Å². The number of anilines is 1. The average Bonchev–Trinajstić information content (AvgIpc) is 3.64. The number of carbonyl (C=O) groups is 1. The predicted octanol–water partition coefficient (Wildman–Crippen LogP) is 2.80. The lowest BCUT2D eigenvalue weighted by atomic mass is 9.87. The quantitative estimate of drug-likeness (QED) is 0.436. The van der Waals surface area contributed by atoms with E-state index < -0.39 is 0 Å². The second-order valence-electron chi connectivity index (χ2n) is 9.62. The third-order valence-corrected chi connectivity index (χ3v) is 6.75. The SMILES string of the molecule is Cc1nc(-c2nnn(C)c2CNc2nccc(OCC3CC3)n2)ccc1O[C@H]1CCC[C@H](C(N)=O)C1. The van der Waals surface area contributed by atoms with Crippen LogP contribution in [-0.2, 0) is 18.4 Å². The first-order valence-electron chi connectivity index (χ1n) is 12.5. The molecule has 5 rings (SSSR count). The van der Waals surface area contributed by atoms with Crippen LogP contribution >= 0.6 is 0 Å². The number of aryl methyl sites for hydroxylation is 2. The van der Waals surface area contributed by atoms with Gasteiger partial charge < -0.3 is 20.5 Å². The molecule has 3 aromatic rings. The Balaban J connectivity index is 1.25. The first-order valence-corrected chi connectivity index (χ1v) is 12.5. The Bertz CT molecular complexity index is 1230. The number of primary amides is 1. The average molecular weight is 493 g/mol. The number of amides is 1. The molecule has 0 aromatic carbocycles. The number of nitrogens with zero attached hydrogens (tertiary/aromatic N) is 6. The molecule has 3 heterocycles. The van der Waals surface area contributed by atoms with Gasteiger partial charge in [-0.15, -0.1) is 5.10 Å². The van der Waals surface area contributed by atoms with Gasteiger partial charge in [0.05, 0.1) is 36.3 Å². The Labute approximate surface area is 209 Å². The van der Waals surface area contributed by atoms with Gasteiger partial charge in [0.15, 0.2) is 0 Å². The van der Waals surface area contributed by atoms with E-state index in [0.717, 1.165) is 30.7 Å². The van der Waals surface area contributed by atoms with E-state index in [4.69, 9.17) is 20.2 Å². The van der Waals surface area contributed by atoms with Crippen LogP contribution in [-0.4, -0.2) is 48.6 Å². The minimum Gasteiger partial charge on any atom is -0.489 e. The molecule has 3 N–H and O–H groups in total. The van der Waals surface area contributed by atoms with E-state index in [0.29, 0.717) is 54.5 Å². The molecule has 0 aliphatic heterocycles. The van der Waals surface area contributed by atoms with Gasteiger partial charge in [-0.25, -0.2) is 14.6 Å². The highest BCUT2D eigenvalue weighted by molar-refractivity contribution is 5.76. The Kier molecular flexibility index (Phi) is 6.97. The van der Waals surface area contributed by atoms with Crippen LogP contribution in [0.4, 0.5) is 5.95 Å². The molecule has 2 aliphatic rings. The second kappa shape index (κ2) is 10.5. The molecule has 190 valence electrons. The van der Waals surface area contributed by atoms with Crippen LogP contribution in [0.25, 0.3) is 11.4 Å². The highest BCUT2D eigenvalue weighted by atomic mass is 16.5. The standard InChI is InChI=1S/C25H32N8O3/c1-15-21(36-18-5-3-4-17(12-18)24(26)34)9-8-19(29-15)23-20(33(2)32-31-23)13-28-25-27-11-10-22(30-25)35-14-16-6-7-16/h8-11,16-18H,3-7,12-14H2,1-2H3,(H2,26,34)(H,27,28,30)/t17-,18-/m0/s1. The fraction of sp³-hybridized carbons (Fsp3) is 0.520. The van der Waals surface area contributed by atoms with Crippen molar-refractivity contribution in [3.05, 3.63) is 35.8 Å². The summed E-state index contributed by atoms with van der Waals surface area (Å²) >= 11 is 0. The van der Waals surface area contributed by atoms with Crippen LogP contribution in [0.15, 0.2) is 24.4 Å². The third-order valence-electron chi connectivity index (χ3n) is 6.75. The smallest absolute Gasteiger partial charge is 0.226 e. The molecule has 11 nitrogen and oxygen atoms in total. The number of hydrogen-bond acceptors (Lipinski definition) is 9. The van der Waals surface area contributed by atoms with Crippen molar-refractivity contribution in [2.24, 2.45) is 24.6 Å². The summed E-state index contributed by atoms with van der Waals surface area (Å²) in [4.78, 5) is 25.1. The summed E-state index contributed by atoms with van der Waals surface area (Å²) in [7, 11) is 1.84. The maximum Gasteiger partial charge on any atom is 0.226 e. The highest BCUT2D eigenvalue weighted by Gasteiger charge is 2.27. The fourth-order valence-corrected chi connectivity index (χ4v) is 4.43. The Hall–Kier alpha value is -3.76. The van der Waals surface area contributed by atoms with Crippen molar-refractivity contribution in [1.82, 2.24) is 29.9 Å². The minimum absolute atomic E-state index is 0.0390. The van der Waals surface area contributed by atoms with E-state index in [-0.39, 0.29) is 17.9 Å². The van der Waals surface area contributed by atoms with Crippen molar-refractivity contribution in [3.8, 4) is 23.0 Å². The van der Waals surface area contributed by atoms with E-state index in [1.165, 1.54) is 12.8 Å². The van der Waals surface area contributed by atoms with Gasteiger partial charge >= 0.3 is 0 Å². The largest absolute Gasteiger partial charge is 0.489 e. The van der Waals surface area contributed by atoms with E-state index >= 15 is 0 Å². The molecule has 2 saturated carbocycles. The lowest BCUT2D eigenvalue weighted by molar-refractivity contribution is -0.123. The maximum atomic E-state index is 11.6. The summed E-state index contributed by atoms with van der Waals surface area (Å²) < 4.78 is 13.7. The number of nitrogens with one attached hydrogen (secondary N) is 1. The van der Waals surface area contributed by atoms with Gasteiger partial charge in [-0.2, -0.15) is 4.98 Å². The van der Waals surface area contributed by atoms with Gasteiger partial charge in [-0.3, -0.25) is 4.79 Å². The van der Waals surface area contributed by atoms with Crippen LogP contribution in [0.2, 0.25) is 0 Å². The first kappa shape index (κ1) is 24.0. The van der Waals surface area contributed by atoms with Gasteiger partial charge in [0.2, 0.25) is 17.7 Å². The summed E-state index contributed by atoms with van der Waals surface area (Å²) in [5, 5.41) is 11.8. The van der Waals surface area contributed by atoms with Gasteiger partial charge in [-0.1, -0.05) is 5.21 Å². The van der Waals surface area contributed by atoms with Crippen LogP contribution in [0.5, 0.6) is 11.6 Å². The molecule has 0 saturated heterocycles. The summed E-state index contributed by atoms with van der Waals surface area (Å²) in [6.07, 6.45) is 7.40. The first-order chi connectivity index (χ1) is 17.5. The summed E-state index contributed by atoms with van der Waals surface area (Å²) in [6.45, 7) is 3.02. The third kappa shape index (κ3) is 5.72. The number of hydrogen-bond donors (Lipinski definition) is 2. The monoisotopic (exact) mass is 492 g/mol.